The smallest absolute Gasteiger partial charge is 0.0619 e. The first kappa shape index (κ1) is 11.4. The average Bonchev–Trinajstić information content (AvgIpc) is 3.02. The Morgan fingerprint density at radius 3 is 2.93 bits per heavy atom. The van der Waals surface area contributed by atoms with Crippen LogP contribution in [0, 0.1) is 0 Å². The van der Waals surface area contributed by atoms with Gasteiger partial charge in [-0.1, -0.05) is 0 Å². The summed E-state index contributed by atoms with van der Waals surface area (Å²) in [6.45, 7) is 8.70. The van der Waals surface area contributed by atoms with E-state index in [1.54, 1.807) is 0 Å². The molecule has 1 heterocycles. The van der Waals surface area contributed by atoms with Gasteiger partial charge in [0.25, 0.3) is 0 Å². The van der Waals surface area contributed by atoms with Gasteiger partial charge in [0.1, 0.15) is 0 Å². The highest BCUT2D eigenvalue weighted by molar-refractivity contribution is 4.82. The van der Waals surface area contributed by atoms with Crippen molar-refractivity contribution in [1.82, 2.24) is 10.2 Å². The molecular weight excluding hydrogens is 188 g/mol. The number of hydrogen-bond donors (Lipinski definition) is 1. The third-order valence-electron chi connectivity index (χ3n) is 3.56. The summed E-state index contributed by atoms with van der Waals surface area (Å²) in [4.78, 5) is 2.58. The van der Waals surface area contributed by atoms with E-state index in [9.17, 15) is 0 Å². The molecule has 0 radical (unpaired) electrons. The monoisotopic (exact) mass is 212 g/mol. The van der Waals surface area contributed by atoms with Crippen molar-refractivity contribution in [2.45, 2.75) is 51.2 Å². The van der Waals surface area contributed by atoms with Crippen LogP contribution in [0.4, 0.5) is 0 Å². The standard InChI is InChI=1S/C12H24N2O/c1-10(5-6-13-12-3-4-12)14-7-8-15-9-11(14)2/h10-13H,3-9H2,1-2H3. The van der Waals surface area contributed by atoms with E-state index in [1.165, 1.54) is 25.8 Å². The molecule has 3 nitrogen and oxygen atoms in total. The molecule has 2 fully saturated rings. The summed E-state index contributed by atoms with van der Waals surface area (Å²) in [5, 5.41) is 3.58. The minimum absolute atomic E-state index is 0.592. The molecule has 0 bridgehead atoms. The minimum atomic E-state index is 0.592. The Hall–Kier alpha value is -0.120. The summed E-state index contributed by atoms with van der Waals surface area (Å²) >= 11 is 0. The van der Waals surface area contributed by atoms with E-state index in [0.717, 1.165) is 25.8 Å². The van der Waals surface area contributed by atoms with E-state index in [-0.39, 0.29) is 0 Å². The van der Waals surface area contributed by atoms with Crippen molar-refractivity contribution < 1.29 is 4.74 Å². The number of nitrogens with one attached hydrogen (secondary N) is 1. The van der Waals surface area contributed by atoms with Crippen LogP contribution >= 0.6 is 0 Å². The Morgan fingerprint density at radius 2 is 2.27 bits per heavy atom. The maximum absolute atomic E-state index is 5.46. The zero-order valence-electron chi connectivity index (χ0n) is 10.0. The lowest BCUT2D eigenvalue weighted by Crippen LogP contribution is -2.49. The summed E-state index contributed by atoms with van der Waals surface area (Å²) in [6, 6.07) is 2.13. The predicted molar refractivity (Wildman–Crippen MR) is 62.1 cm³/mol. The molecule has 1 aliphatic carbocycles. The molecule has 1 saturated heterocycles. The summed E-state index contributed by atoms with van der Waals surface area (Å²) in [7, 11) is 0. The second kappa shape index (κ2) is 5.28. The van der Waals surface area contributed by atoms with Gasteiger partial charge in [-0.25, -0.2) is 0 Å². The number of rotatable bonds is 5. The van der Waals surface area contributed by atoms with Crippen LogP contribution in [0.5, 0.6) is 0 Å². The maximum atomic E-state index is 5.46. The van der Waals surface area contributed by atoms with Crippen molar-refractivity contribution in [2.24, 2.45) is 0 Å². The molecule has 1 N–H and O–H groups in total. The molecule has 0 amide bonds. The highest BCUT2D eigenvalue weighted by Gasteiger charge is 2.24. The van der Waals surface area contributed by atoms with Crippen LogP contribution in [-0.4, -0.2) is 49.3 Å². The van der Waals surface area contributed by atoms with Crippen molar-refractivity contribution in [3.8, 4) is 0 Å². The van der Waals surface area contributed by atoms with Crippen molar-refractivity contribution in [2.75, 3.05) is 26.3 Å². The average molecular weight is 212 g/mol. The van der Waals surface area contributed by atoms with Gasteiger partial charge in [-0.3, -0.25) is 4.90 Å². The molecule has 88 valence electrons. The quantitative estimate of drug-likeness (QED) is 0.742. The fraction of sp³-hybridized carbons (Fsp3) is 1.00. The Kier molecular flexibility index (Phi) is 4.00. The molecule has 0 spiro atoms. The third kappa shape index (κ3) is 3.44. The number of ether oxygens (including phenoxy) is 1. The topological polar surface area (TPSA) is 24.5 Å². The fourth-order valence-electron chi connectivity index (χ4n) is 2.34. The molecule has 0 aromatic carbocycles. The van der Waals surface area contributed by atoms with Crippen LogP contribution in [0.25, 0.3) is 0 Å². The predicted octanol–water partition coefficient (Wildman–Crippen LogP) is 1.24. The summed E-state index contributed by atoms with van der Waals surface area (Å²) in [5.41, 5.74) is 0. The van der Waals surface area contributed by atoms with Gasteiger partial charge in [0.05, 0.1) is 13.2 Å². The molecule has 2 unspecified atom stereocenters. The van der Waals surface area contributed by atoms with Crippen molar-refractivity contribution >= 4 is 0 Å². The largest absolute Gasteiger partial charge is 0.379 e. The first-order valence-corrected chi connectivity index (χ1v) is 6.34. The van der Waals surface area contributed by atoms with Crippen molar-refractivity contribution in [3.05, 3.63) is 0 Å². The van der Waals surface area contributed by atoms with E-state index in [1.807, 2.05) is 0 Å². The Labute approximate surface area is 93.2 Å². The minimum Gasteiger partial charge on any atom is -0.379 e. The zero-order valence-corrected chi connectivity index (χ0v) is 10.0. The lowest BCUT2D eigenvalue weighted by atomic mass is 10.1. The molecule has 2 atom stereocenters. The van der Waals surface area contributed by atoms with E-state index in [4.69, 9.17) is 4.74 Å². The summed E-state index contributed by atoms with van der Waals surface area (Å²) < 4.78 is 5.46. The molecule has 3 heteroatoms. The van der Waals surface area contributed by atoms with Crippen molar-refractivity contribution in [1.29, 1.82) is 0 Å². The molecule has 2 aliphatic rings. The van der Waals surface area contributed by atoms with E-state index in [2.05, 4.69) is 24.1 Å². The van der Waals surface area contributed by atoms with Gasteiger partial charge in [0.2, 0.25) is 0 Å². The number of nitrogens with zero attached hydrogens (tertiary/aromatic N) is 1. The van der Waals surface area contributed by atoms with E-state index >= 15 is 0 Å². The van der Waals surface area contributed by atoms with Crippen LogP contribution in [-0.2, 0) is 4.74 Å². The number of hydrogen-bond acceptors (Lipinski definition) is 3. The second-order valence-electron chi connectivity index (χ2n) is 5.03. The fourth-order valence-corrected chi connectivity index (χ4v) is 2.34. The van der Waals surface area contributed by atoms with Crippen LogP contribution in [0.3, 0.4) is 0 Å². The summed E-state index contributed by atoms with van der Waals surface area (Å²) in [6.07, 6.45) is 4.05. The molecule has 0 aromatic heterocycles. The molecule has 15 heavy (non-hydrogen) atoms. The first-order valence-electron chi connectivity index (χ1n) is 6.34. The first-order chi connectivity index (χ1) is 7.27. The van der Waals surface area contributed by atoms with E-state index in [0.29, 0.717) is 12.1 Å². The molecule has 1 aliphatic heterocycles. The van der Waals surface area contributed by atoms with Gasteiger partial charge in [-0.15, -0.1) is 0 Å². The van der Waals surface area contributed by atoms with Gasteiger partial charge in [-0.05, 0) is 39.7 Å². The highest BCUT2D eigenvalue weighted by Crippen LogP contribution is 2.19. The zero-order chi connectivity index (χ0) is 10.7. The van der Waals surface area contributed by atoms with Gasteiger partial charge in [0, 0.05) is 24.7 Å². The SMILES string of the molecule is CC(CCNC1CC1)N1CCOCC1C. The summed E-state index contributed by atoms with van der Waals surface area (Å²) in [5.74, 6) is 0. The van der Waals surface area contributed by atoms with Gasteiger partial charge < -0.3 is 10.1 Å². The van der Waals surface area contributed by atoms with Crippen LogP contribution in [0.15, 0.2) is 0 Å². The normalized spacial score (nSPS) is 30.4. The molecule has 0 aromatic rings. The third-order valence-corrected chi connectivity index (χ3v) is 3.56. The Balaban J connectivity index is 1.65. The lowest BCUT2D eigenvalue weighted by Gasteiger charge is -2.38. The Morgan fingerprint density at radius 1 is 1.47 bits per heavy atom. The van der Waals surface area contributed by atoms with E-state index < -0.39 is 0 Å². The van der Waals surface area contributed by atoms with Crippen LogP contribution in [0.1, 0.15) is 33.1 Å². The van der Waals surface area contributed by atoms with Gasteiger partial charge in [-0.2, -0.15) is 0 Å². The van der Waals surface area contributed by atoms with Crippen LogP contribution in [0.2, 0.25) is 0 Å². The molecule has 1 saturated carbocycles. The Bertz CT molecular complexity index is 194. The van der Waals surface area contributed by atoms with Crippen molar-refractivity contribution in [3.63, 3.8) is 0 Å². The molecular formula is C12H24N2O. The van der Waals surface area contributed by atoms with Gasteiger partial charge >= 0.3 is 0 Å². The molecule has 2 rings (SSSR count). The highest BCUT2D eigenvalue weighted by atomic mass is 16.5. The van der Waals surface area contributed by atoms with Crippen LogP contribution < -0.4 is 5.32 Å². The maximum Gasteiger partial charge on any atom is 0.0619 e. The van der Waals surface area contributed by atoms with Gasteiger partial charge in [0.15, 0.2) is 0 Å². The number of morpholine rings is 1. The lowest BCUT2D eigenvalue weighted by molar-refractivity contribution is -0.0197. The second-order valence-corrected chi connectivity index (χ2v) is 5.03.